The van der Waals surface area contributed by atoms with Crippen molar-refractivity contribution >= 4 is 34.0 Å². The number of thiazole rings is 1. The smallest absolute Gasteiger partial charge is 0.355 e. The average Bonchev–Trinajstić information content (AvgIpc) is 2.95. The van der Waals surface area contributed by atoms with Crippen molar-refractivity contribution in [1.82, 2.24) is 14.3 Å². The molecule has 0 aliphatic rings. The van der Waals surface area contributed by atoms with Gasteiger partial charge in [0.05, 0.1) is 6.54 Å². The fourth-order valence-electron chi connectivity index (χ4n) is 1.29. The van der Waals surface area contributed by atoms with Crippen molar-refractivity contribution in [3.8, 4) is 0 Å². The number of carboxylic acid groups (broad SMARTS) is 1. The first kappa shape index (κ1) is 12.9. The second-order valence-electron chi connectivity index (χ2n) is 3.55. The summed E-state index contributed by atoms with van der Waals surface area (Å²) in [4.78, 5) is 19.0. The van der Waals surface area contributed by atoms with E-state index in [9.17, 15) is 4.79 Å². The Morgan fingerprint density at radius 2 is 2.33 bits per heavy atom. The van der Waals surface area contributed by atoms with Gasteiger partial charge in [0, 0.05) is 23.3 Å². The van der Waals surface area contributed by atoms with Crippen LogP contribution in [0.15, 0.2) is 5.38 Å². The maximum atomic E-state index is 10.7. The van der Waals surface area contributed by atoms with Crippen molar-refractivity contribution < 1.29 is 9.90 Å². The third kappa shape index (κ3) is 3.23. The van der Waals surface area contributed by atoms with Crippen molar-refractivity contribution in [3.63, 3.8) is 0 Å². The van der Waals surface area contributed by atoms with Gasteiger partial charge in [0.1, 0.15) is 10.8 Å². The maximum absolute atomic E-state index is 10.7. The van der Waals surface area contributed by atoms with Gasteiger partial charge >= 0.3 is 5.97 Å². The van der Waals surface area contributed by atoms with Gasteiger partial charge in [-0.1, -0.05) is 6.92 Å². The number of nitrogens with zero attached hydrogens (tertiary/aromatic N) is 3. The van der Waals surface area contributed by atoms with Crippen LogP contribution in [0.2, 0.25) is 0 Å². The lowest BCUT2D eigenvalue weighted by atomic mass is 10.3. The van der Waals surface area contributed by atoms with Crippen molar-refractivity contribution in [2.45, 2.75) is 26.3 Å². The molecule has 0 aliphatic heterocycles. The normalized spacial score (nSPS) is 10.5. The zero-order valence-electron chi connectivity index (χ0n) is 9.71. The molecule has 2 N–H and O–H groups in total. The molecule has 0 fully saturated rings. The van der Waals surface area contributed by atoms with Gasteiger partial charge in [-0.25, -0.2) is 14.8 Å². The Morgan fingerprint density at radius 3 is 3.00 bits per heavy atom. The van der Waals surface area contributed by atoms with E-state index in [0.717, 1.165) is 28.8 Å². The number of rotatable bonds is 6. The largest absolute Gasteiger partial charge is 0.476 e. The summed E-state index contributed by atoms with van der Waals surface area (Å²) in [5.74, 6) is -0.158. The highest BCUT2D eigenvalue weighted by molar-refractivity contribution is 7.10. The topological polar surface area (TPSA) is 88.0 Å². The molecule has 2 heterocycles. The number of aromatic nitrogens is 3. The van der Waals surface area contributed by atoms with Crippen LogP contribution in [0.25, 0.3) is 0 Å². The Hall–Kier alpha value is -1.54. The molecule has 0 aliphatic carbocycles. The Morgan fingerprint density at radius 1 is 1.50 bits per heavy atom. The monoisotopic (exact) mass is 284 g/mol. The molecule has 0 aromatic carbocycles. The number of hydrogen-bond donors (Lipinski definition) is 2. The maximum Gasteiger partial charge on any atom is 0.355 e. The second-order valence-corrected chi connectivity index (χ2v) is 5.25. The first-order chi connectivity index (χ1) is 8.69. The molecule has 0 saturated carbocycles. The molecule has 0 bridgehead atoms. The second kappa shape index (κ2) is 5.87. The lowest BCUT2D eigenvalue weighted by molar-refractivity contribution is 0.0691. The molecule has 0 spiro atoms. The molecular weight excluding hydrogens is 272 g/mol. The van der Waals surface area contributed by atoms with Crippen molar-refractivity contribution in [3.05, 3.63) is 21.9 Å². The number of aryl methyl sites for hydroxylation is 1. The summed E-state index contributed by atoms with van der Waals surface area (Å²) in [5.41, 5.74) is 0.0840. The van der Waals surface area contributed by atoms with E-state index >= 15 is 0 Å². The van der Waals surface area contributed by atoms with Crippen molar-refractivity contribution in [2.24, 2.45) is 0 Å². The van der Waals surface area contributed by atoms with E-state index in [4.69, 9.17) is 5.11 Å². The number of nitrogens with one attached hydrogen (secondary N) is 1. The van der Waals surface area contributed by atoms with Crippen LogP contribution >= 0.6 is 22.9 Å². The fourth-order valence-corrected chi connectivity index (χ4v) is 2.61. The van der Waals surface area contributed by atoms with Gasteiger partial charge < -0.3 is 10.4 Å². The Balaban J connectivity index is 1.91. The van der Waals surface area contributed by atoms with Crippen LogP contribution in [0.3, 0.4) is 0 Å². The molecule has 96 valence electrons. The van der Waals surface area contributed by atoms with Gasteiger partial charge in [0.25, 0.3) is 0 Å². The van der Waals surface area contributed by atoms with Crippen molar-refractivity contribution in [1.29, 1.82) is 0 Å². The quantitative estimate of drug-likeness (QED) is 0.846. The highest BCUT2D eigenvalue weighted by atomic mass is 32.1. The van der Waals surface area contributed by atoms with E-state index in [1.165, 1.54) is 28.2 Å². The molecule has 0 amide bonds. The van der Waals surface area contributed by atoms with E-state index in [0.29, 0.717) is 6.54 Å². The molecule has 18 heavy (non-hydrogen) atoms. The number of carbonyl (C=O) groups is 1. The number of carboxylic acids is 1. The highest BCUT2D eigenvalue weighted by Gasteiger charge is 2.09. The van der Waals surface area contributed by atoms with Gasteiger partial charge in [-0.2, -0.15) is 4.37 Å². The number of anilines is 1. The predicted octanol–water partition coefficient (Wildman–Crippen LogP) is 2.26. The first-order valence-corrected chi connectivity index (χ1v) is 7.08. The van der Waals surface area contributed by atoms with E-state index < -0.39 is 5.97 Å². The van der Waals surface area contributed by atoms with Crippen LogP contribution in [0.4, 0.5) is 5.13 Å². The van der Waals surface area contributed by atoms with Crippen LogP contribution in [-0.4, -0.2) is 25.4 Å². The van der Waals surface area contributed by atoms with Crippen molar-refractivity contribution in [2.75, 3.05) is 5.32 Å². The summed E-state index contributed by atoms with van der Waals surface area (Å²) in [6.45, 7) is 2.55. The zero-order chi connectivity index (χ0) is 13.0. The van der Waals surface area contributed by atoms with Crippen LogP contribution in [0.5, 0.6) is 0 Å². The van der Waals surface area contributed by atoms with Gasteiger partial charge in [-0.3, -0.25) is 0 Å². The SMILES string of the molecule is CCCc1nsc(NCc2nc(C(=O)O)cs2)n1. The predicted molar refractivity (Wildman–Crippen MR) is 70.3 cm³/mol. The molecule has 2 rings (SSSR count). The lowest BCUT2D eigenvalue weighted by Gasteiger charge is -1.96. The van der Waals surface area contributed by atoms with Gasteiger partial charge in [-0.05, 0) is 6.42 Å². The summed E-state index contributed by atoms with van der Waals surface area (Å²) in [7, 11) is 0. The third-order valence-corrected chi connectivity index (χ3v) is 3.66. The van der Waals surface area contributed by atoms with E-state index in [2.05, 4.69) is 26.6 Å². The zero-order valence-corrected chi connectivity index (χ0v) is 11.3. The highest BCUT2D eigenvalue weighted by Crippen LogP contribution is 2.15. The molecule has 2 aromatic heterocycles. The van der Waals surface area contributed by atoms with Crippen LogP contribution in [0, 0.1) is 0 Å². The summed E-state index contributed by atoms with van der Waals surface area (Å²) in [6.07, 6.45) is 1.89. The van der Waals surface area contributed by atoms with Crippen LogP contribution in [0.1, 0.15) is 34.7 Å². The molecule has 0 radical (unpaired) electrons. The first-order valence-electron chi connectivity index (χ1n) is 5.43. The van der Waals surface area contributed by atoms with Gasteiger partial charge in [0.2, 0.25) is 5.13 Å². The van der Waals surface area contributed by atoms with E-state index in [1.54, 1.807) is 0 Å². The fraction of sp³-hybridized carbons (Fsp3) is 0.400. The minimum absolute atomic E-state index is 0.0840. The number of aromatic carboxylic acids is 1. The van der Waals surface area contributed by atoms with Crippen LogP contribution < -0.4 is 5.32 Å². The Kier molecular flexibility index (Phi) is 4.21. The lowest BCUT2D eigenvalue weighted by Crippen LogP contribution is -2.01. The molecule has 0 unspecified atom stereocenters. The molecule has 6 nitrogen and oxygen atoms in total. The summed E-state index contributed by atoms with van der Waals surface area (Å²) in [5, 5.41) is 14.8. The summed E-state index contributed by atoms with van der Waals surface area (Å²) in [6, 6.07) is 0. The number of hydrogen-bond acceptors (Lipinski definition) is 7. The minimum Gasteiger partial charge on any atom is -0.476 e. The summed E-state index contributed by atoms with van der Waals surface area (Å²) < 4.78 is 4.21. The van der Waals surface area contributed by atoms with Gasteiger partial charge in [-0.15, -0.1) is 11.3 Å². The summed E-state index contributed by atoms with van der Waals surface area (Å²) >= 11 is 2.63. The Labute approximate surface area is 112 Å². The van der Waals surface area contributed by atoms with E-state index in [-0.39, 0.29) is 5.69 Å². The molecule has 2 aromatic rings. The average molecular weight is 284 g/mol. The minimum atomic E-state index is -1.00. The van der Waals surface area contributed by atoms with Crippen LogP contribution in [-0.2, 0) is 13.0 Å². The van der Waals surface area contributed by atoms with E-state index in [1.807, 2.05) is 0 Å². The standard InChI is InChI=1S/C10H12N4O2S2/c1-2-3-7-13-10(18-14-7)11-4-8-12-6(5-17-8)9(15)16/h5H,2-4H2,1H3,(H,15,16)(H,11,13,14). The Bertz CT molecular complexity index is 537. The third-order valence-electron chi connectivity index (χ3n) is 2.10. The molecule has 8 heteroatoms. The molecular formula is C10H12N4O2S2. The molecule has 0 saturated heterocycles. The molecule has 0 atom stereocenters. The van der Waals surface area contributed by atoms with Gasteiger partial charge in [0.15, 0.2) is 5.69 Å².